The molecule has 2 aliphatic heterocycles. The molecular weight excluding hydrogens is 200 g/mol. The monoisotopic (exact) mass is 216 g/mol. The third kappa shape index (κ3) is 2.22. The van der Waals surface area contributed by atoms with E-state index in [0.29, 0.717) is 0 Å². The van der Waals surface area contributed by atoms with Crippen molar-refractivity contribution >= 4 is 11.6 Å². The van der Waals surface area contributed by atoms with E-state index in [2.05, 4.69) is 22.9 Å². The van der Waals surface area contributed by atoms with Crippen LogP contribution in [0.15, 0.2) is 11.8 Å². The summed E-state index contributed by atoms with van der Waals surface area (Å²) in [5.74, 6) is 0. The second-order valence-electron chi connectivity index (χ2n) is 3.92. The third-order valence-electron chi connectivity index (χ3n) is 2.78. The van der Waals surface area contributed by atoms with E-state index in [1.165, 1.54) is 5.70 Å². The lowest BCUT2D eigenvalue weighted by atomic mass is 10.1. The Morgan fingerprint density at radius 2 is 2.14 bits per heavy atom. The van der Waals surface area contributed by atoms with Gasteiger partial charge in [0.25, 0.3) is 0 Å². The molecule has 1 fully saturated rings. The van der Waals surface area contributed by atoms with Gasteiger partial charge in [-0.1, -0.05) is 0 Å². The quantitative estimate of drug-likeness (QED) is 0.602. The van der Waals surface area contributed by atoms with Crippen LogP contribution in [-0.4, -0.2) is 61.6 Å². The number of halogens is 1. The van der Waals surface area contributed by atoms with Crippen molar-refractivity contribution in [1.29, 1.82) is 0 Å². The molecule has 0 N–H and O–H groups in total. The average molecular weight is 217 g/mol. The van der Waals surface area contributed by atoms with Gasteiger partial charge in [0.15, 0.2) is 0 Å². The van der Waals surface area contributed by atoms with Crippen LogP contribution in [0.5, 0.6) is 0 Å². The van der Waals surface area contributed by atoms with Crippen LogP contribution in [0.1, 0.15) is 0 Å². The SMILES string of the molecule is CN1CC=C(N2CCOCC2)C(Cl)C1. The number of rotatable bonds is 1. The van der Waals surface area contributed by atoms with Crippen LogP contribution < -0.4 is 0 Å². The predicted octanol–water partition coefficient (Wildman–Crippen LogP) is 0.755. The summed E-state index contributed by atoms with van der Waals surface area (Å²) >= 11 is 6.32. The van der Waals surface area contributed by atoms with Crippen molar-refractivity contribution in [3.05, 3.63) is 11.8 Å². The number of morpholine rings is 1. The highest BCUT2D eigenvalue weighted by Gasteiger charge is 2.24. The van der Waals surface area contributed by atoms with Crippen LogP contribution in [0.4, 0.5) is 0 Å². The topological polar surface area (TPSA) is 15.7 Å². The molecule has 4 heteroatoms. The second-order valence-corrected chi connectivity index (χ2v) is 4.44. The van der Waals surface area contributed by atoms with Gasteiger partial charge >= 0.3 is 0 Å². The maximum Gasteiger partial charge on any atom is 0.0857 e. The Kier molecular flexibility index (Phi) is 3.31. The van der Waals surface area contributed by atoms with Crippen molar-refractivity contribution in [1.82, 2.24) is 9.80 Å². The molecule has 80 valence electrons. The Labute approximate surface area is 90.3 Å². The Bertz CT molecular complexity index is 226. The minimum Gasteiger partial charge on any atom is -0.378 e. The van der Waals surface area contributed by atoms with Gasteiger partial charge in [-0.05, 0) is 13.1 Å². The van der Waals surface area contributed by atoms with E-state index in [9.17, 15) is 0 Å². The molecule has 2 heterocycles. The molecule has 2 aliphatic rings. The van der Waals surface area contributed by atoms with Crippen LogP contribution >= 0.6 is 11.6 Å². The summed E-state index contributed by atoms with van der Waals surface area (Å²) in [5.41, 5.74) is 1.30. The molecule has 3 nitrogen and oxygen atoms in total. The van der Waals surface area contributed by atoms with E-state index < -0.39 is 0 Å². The number of hydrogen-bond donors (Lipinski definition) is 0. The fourth-order valence-corrected chi connectivity index (χ4v) is 2.43. The van der Waals surface area contributed by atoms with E-state index in [4.69, 9.17) is 16.3 Å². The second kappa shape index (κ2) is 4.51. The first-order valence-corrected chi connectivity index (χ1v) is 5.56. The van der Waals surface area contributed by atoms with Gasteiger partial charge in [-0.25, -0.2) is 0 Å². The normalized spacial score (nSPS) is 30.3. The standard InChI is InChI=1S/C10H17ClN2O/c1-12-3-2-10(9(11)8-12)13-4-6-14-7-5-13/h2,9H,3-8H2,1H3. The molecule has 1 unspecified atom stereocenters. The number of ether oxygens (including phenoxy) is 1. The molecule has 1 atom stereocenters. The minimum atomic E-state index is 0.145. The van der Waals surface area contributed by atoms with Crippen LogP contribution in [0.3, 0.4) is 0 Å². The highest BCUT2D eigenvalue weighted by atomic mass is 35.5. The molecule has 0 radical (unpaired) electrons. The van der Waals surface area contributed by atoms with Crippen LogP contribution in [0.2, 0.25) is 0 Å². The summed E-state index contributed by atoms with van der Waals surface area (Å²) in [7, 11) is 2.10. The zero-order valence-electron chi connectivity index (χ0n) is 8.58. The van der Waals surface area contributed by atoms with Gasteiger partial charge in [0.2, 0.25) is 0 Å². The first-order chi connectivity index (χ1) is 6.77. The summed E-state index contributed by atoms with van der Waals surface area (Å²) in [6.07, 6.45) is 2.24. The zero-order valence-corrected chi connectivity index (χ0v) is 9.33. The van der Waals surface area contributed by atoms with Crippen LogP contribution in [0.25, 0.3) is 0 Å². The van der Waals surface area contributed by atoms with Gasteiger partial charge in [-0.15, -0.1) is 11.6 Å². The lowest BCUT2D eigenvalue weighted by Gasteiger charge is -2.37. The van der Waals surface area contributed by atoms with Gasteiger partial charge in [-0.2, -0.15) is 0 Å². The molecular formula is C10H17ClN2O. The Hall–Kier alpha value is -0.250. The molecule has 0 saturated carbocycles. The first-order valence-electron chi connectivity index (χ1n) is 5.13. The summed E-state index contributed by atoms with van der Waals surface area (Å²) in [4.78, 5) is 4.59. The van der Waals surface area contributed by atoms with Crippen LogP contribution in [0, 0.1) is 0 Å². The molecule has 1 saturated heterocycles. The Balaban J connectivity index is 2.01. The van der Waals surface area contributed by atoms with Crippen molar-refractivity contribution in [2.45, 2.75) is 5.38 Å². The molecule has 0 aliphatic carbocycles. The largest absolute Gasteiger partial charge is 0.378 e. The summed E-state index contributed by atoms with van der Waals surface area (Å²) in [5, 5.41) is 0.145. The number of hydrogen-bond acceptors (Lipinski definition) is 3. The fourth-order valence-electron chi connectivity index (χ4n) is 1.97. The van der Waals surface area contributed by atoms with E-state index in [1.54, 1.807) is 0 Å². The molecule has 0 aromatic carbocycles. The maximum atomic E-state index is 6.32. The first kappa shape index (κ1) is 10.3. The van der Waals surface area contributed by atoms with E-state index in [0.717, 1.165) is 39.4 Å². The van der Waals surface area contributed by atoms with Gasteiger partial charge in [0.1, 0.15) is 0 Å². The van der Waals surface area contributed by atoms with E-state index in [-0.39, 0.29) is 5.38 Å². The molecule has 0 amide bonds. The third-order valence-corrected chi connectivity index (χ3v) is 3.14. The fraction of sp³-hybridized carbons (Fsp3) is 0.800. The van der Waals surface area contributed by atoms with Crippen molar-refractivity contribution in [3.63, 3.8) is 0 Å². The summed E-state index contributed by atoms with van der Waals surface area (Å²) in [6, 6.07) is 0. The van der Waals surface area contributed by atoms with Gasteiger partial charge in [0.05, 0.1) is 18.6 Å². The Morgan fingerprint density at radius 1 is 1.43 bits per heavy atom. The molecule has 0 bridgehead atoms. The van der Waals surface area contributed by atoms with Crippen molar-refractivity contribution in [2.24, 2.45) is 0 Å². The van der Waals surface area contributed by atoms with Crippen molar-refractivity contribution in [2.75, 3.05) is 46.4 Å². The minimum absolute atomic E-state index is 0.145. The number of alkyl halides is 1. The Morgan fingerprint density at radius 3 is 2.79 bits per heavy atom. The maximum absolute atomic E-state index is 6.32. The van der Waals surface area contributed by atoms with Crippen LogP contribution in [-0.2, 0) is 4.74 Å². The average Bonchev–Trinajstić information content (AvgIpc) is 2.19. The van der Waals surface area contributed by atoms with Crippen molar-refractivity contribution in [3.8, 4) is 0 Å². The van der Waals surface area contributed by atoms with Gasteiger partial charge in [0, 0.05) is 31.9 Å². The highest BCUT2D eigenvalue weighted by Crippen LogP contribution is 2.20. The lowest BCUT2D eigenvalue weighted by Crippen LogP contribution is -2.43. The van der Waals surface area contributed by atoms with Gasteiger partial charge < -0.3 is 14.5 Å². The molecule has 0 aromatic rings. The summed E-state index contributed by atoms with van der Waals surface area (Å²) < 4.78 is 5.32. The number of likely N-dealkylation sites (N-methyl/N-ethyl adjacent to an activating group) is 1. The molecule has 14 heavy (non-hydrogen) atoms. The van der Waals surface area contributed by atoms with E-state index in [1.807, 2.05) is 0 Å². The predicted molar refractivity (Wildman–Crippen MR) is 57.6 cm³/mol. The molecule has 0 aromatic heterocycles. The van der Waals surface area contributed by atoms with Crippen molar-refractivity contribution < 1.29 is 4.74 Å². The smallest absolute Gasteiger partial charge is 0.0857 e. The van der Waals surface area contributed by atoms with Gasteiger partial charge in [-0.3, -0.25) is 0 Å². The highest BCUT2D eigenvalue weighted by molar-refractivity contribution is 6.22. The lowest BCUT2D eigenvalue weighted by molar-refractivity contribution is 0.0506. The molecule has 2 rings (SSSR count). The molecule has 0 spiro atoms. The number of nitrogens with zero attached hydrogens (tertiary/aromatic N) is 2. The summed E-state index contributed by atoms with van der Waals surface area (Å²) in [6.45, 7) is 5.59. The zero-order chi connectivity index (χ0) is 9.97. The van der Waals surface area contributed by atoms with E-state index >= 15 is 0 Å².